The summed E-state index contributed by atoms with van der Waals surface area (Å²) in [5.74, 6) is -3.29. The van der Waals surface area contributed by atoms with Crippen LogP contribution in [-0.2, 0) is 33.0 Å². The number of ketones is 1. The Bertz CT molecular complexity index is 1050. The van der Waals surface area contributed by atoms with Crippen LogP contribution in [-0.4, -0.2) is 30.6 Å². The Kier molecular flexibility index (Phi) is 7.16. The van der Waals surface area contributed by atoms with Crippen molar-refractivity contribution in [1.29, 1.82) is 5.26 Å². The lowest BCUT2D eigenvalue weighted by atomic mass is 9.73. The molecule has 1 N–H and O–H groups in total. The summed E-state index contributed by atoms with van der Waals surface area (Å²) >= 11 is 0. The Labute approximate surface area is 184 Å². The van der Waals surface area contributed by atoms with E-state index in [0.717, 1.165) is 11.6 Å². The van der Waals surface area contributed by atoms with Crippen LogP contribution in [0.3, 0.4) is 0 Å². The van der Waals surface area contributed by atoms with E-state index in [9.17, 15) is 33.1 Å². The molecule has 0 aliphatic heterocycles. The van der Waals surface area contributed by atoms with Crippen LogP contribution in [0, 0.1) is 11.3 Å². The fraction of sp³-hybridized carbons (Fsp3) is 0.375. The van der Waals surface area contributed by atoms with Gasteiger partial charge in [0.25, 0.3) is 0 Å². The van der Waals surface area contributed by atoms with E-state index in [0.29, 0.717) is 0 Å². The molecule has 0 fully saturated rings. The van der Waals surface area contributed by atoms with Crippen LogP contribution in [0.4, 0.5) is 13.2 Å². The van der Waals surface area contributed by atoms with Crippen LogP contribution in [0.1, 0.15) is 53.4 Å². The molecule has 0 bridgehead atoms. The summed E-state index contributed by atoms with van der Waals surface area (Å²) in [6.45, 7) is 5.73. The van der Waals surface area contributed by atoms with Crippen molar-refractivity contribution in [3.63, 3.8) is 0 Å². The van der Waals surface area contributed by atoms with Gasteiger partial charge in [-0.3, -0.25) is 4.79 Å². The van der Waals surface area contributed by atoms with Gasteiger partial charge in [-0.2, -0.15) is 18.4 Å². The molecule has 170 valence electrons. The number of methoxy groups -OCH3 is 1. The van der Waals surface area contributed by atoms with E-state index in [2.05, 4.69) is 0 Å². The van der Waals surface area contributed by atoms with E-state index < -0.39 is 34.5 Å². The highest BCUT2D eigenvalue weighted by atomic mass is 19.4. The molecule has 2 aromatic carbocycles. The Morgan fingerprint density at radius 2 is 1.59 bits per heavy atom. The number of nitrogens with zero attached hydrogens (tertiary/aromatic N) is 1. The topological polar surface area (TPSA) is 87.4 Å². The van der Waals surface area contributed by atoms with Gasteiger partial charge in [-0.15, -0.1) is 0 Å². The summed E-state index contributed by atoms with van der Waals surface area (Å²) in [4.78, 5) is 25.6. The van der Waals surface area contributed by atoms with E-state index in [1.165, 1.54) is 37.4 Å². The summed E-state index contributed by atoms with van der Waals surface area (Å²) in [5, 5.41) is 19.7. The Hall–Kier alpha value is -3.18. The van der Waals surface area contributed by atoms with Gasteiger partial charge in [0, 0.05) is 12.7 Å². The molecule has 0 heterocycles. The van der Waals surface area contributed by atoms with Crippen LogP contribution in [0.15, 0.2) is 42.5 Å². The molecule has 0 saturated carbocycles. The van der Waals surface area contributed by atoms with Crippen LogP contribution in [0.2, 0.25) is 0 Å². The van der Waals surface area contributed by atoms with Crippen LogP contribution in [0.25, 0.3) is 0 Å². The smallest absolute Gasteiger partial charge is 0.417 e. The minimum atomic E-state index is -4.94. The van der Waals surface area contributed by atoms with Gasteiger partial charge in [-0.1, -0.05) is 63.2 Å². The van der Waals surface area contributed by atoms with Gasteiger partial charge < -0.3 is 9.84 Å². The molecular formula is C24H24F3NO4. The summed E-state index contributed by atoms with van der Waals surface area (Å²) in [5.41, 5.74) is -4.87. The SMILES string of the molecule is COCCc1cccc(C(=O)C(C#N)(C(=O)O)c2ccc(C(C)(C)C)cc2)c1C(F)(F)F. The second-order valence-corrected chi connectivity index (χ2v) is 8.40. The molecule has 2 rings (SSSR count). The molecule has 0 amide bonds. The third kappa shape index (κ3) is 4.68. The molecule has 0 aromatic heterocycles. The minimum Gasteiger partial charge on any atom is -0.479 e. The van der Waals surface area contributed by atoms with Crippen molar-refractivity contribution in [2.24, 2.45) is 0 Å². The molecule has 32 heavy (non-hydrogen) atoms. The highest BCUT2D eigenvalue weighted by Crippen LogP contribution is 2.39. The maximum atomic E-state index is 14.0. The first-order valence-corrected chi connectivity index (χ1v) is 9.79. The highest BCUT2D eigenvalue weighted by molar-refractivity contribution is 6.20. The number of ether oxygens (including phenoxy) is 1. The lowest BCUT2D eigenvalue weighted by Gasteiger charge is -2.25. The zero-order chi connectivity index (χ0) is 24.3. The molecular weight excluding hydrogens is 423 g/mol. The number of nitriles is 1. The Morgan fingerprint density at radius 1 is 1.03 bits per heavy atom. The van der Waals surface area contributed by atoms with E-state index in [1.54, 1.807) is 12.1 Å². The van der Waals surface area contributed by atoms with E-state index in [1.807, 2.05) is 20.8 Å². The number of carboxylic acids is 1. The van der Waals surface area contributed by atoms with Crippen molar-refractivity contribution in [3.8, 4) is 6.07 Å². The van der Waals surface area contributed by atoms with E-state index >= 15 is 0 Å². The van der Waals surface area contributed by atoms with Crippen molar-refractivity contribution in [1.82, 2.24) is 0 Å². The van der Waals surface area contributed by atoms with Gasteiger partial charge >= 0.3 is 12.1 Å². The Morgan fingerprint density at radius 3 is 2.03 bits per heavy atom. The number of hydrogen-bond donors (Lipinski definition) is 1. The van der Waals surface area contributed by atoms with Crippen LogP contribution in [0.5, 0.6) is 0 Å². The number of aliphatic carboxylic acids is 1. The number of alkyl halides is 3. The number of carbonyl (C=O) groups is 2. The maximum absolute atomic E-state index is 14.0. The summed E-state index contributed by atoms with van der Waals surface area (Å²) in [6.07, 6.45) is -5.08. The standard InChI is InChI=1S/C24H24F3NO4/c1-22(2,3)16-8-10-17(11-9-16)23(14-28,21(30)31)20(29)18-7-5-6-15(12-13-32-4)19(18)24(25,26)27/h5-11H,12-13H2,1-4H3,(H,30,31). The van der Waals surface area contributed by atoms with Gasteiger partial charge in [-0.05, 0) is 28.5 Å². The first kappa shape index (κ1) is 25.1. The van der Waals surface area contributed by atoms with Crippen LogP contribution < -0.4 is 0 Å². The van der Waals surface area contributed by atoms with Crippen molar-refractivity contribution < 1.29 is 32.6 Å². The average molecular weight is 447 g/mol. The molecule has 0 aliphatic carbocycles. The zero-order valence-electron chi connectivity index (χ0n) is 18.2. The third-order valence-corrected chi connectivity index (χ3v) is 5.27. The maximum Gasteiger partial charge on any atom is 0.417 e. The molecule has 8 heteroatoms. The molecule has 0 saturated heterocycles. The quantitative estimate of drug-likeness (QED) is 0.481. The second-order valence-electron chi connectivity index (χ2n) is 8.40. The van der Waals surface area contributed by atoms with Gasteiger partial charge in [0.05, 0.1) is 18.2 Å². The number of carboxylic acid groups (broad SMARTS) is 1. The number of rotatable bonds is 7. The van der Waals surface area contributed by atoms with Gasteiger partial charge in [0.15, 0.2) is 5.78 Å². The van der Waals surface area contributed by atoms with E-state index in [-0.39, 0.29) is 29.6 Å². The molecule has 0 aliphatic rings. The van der Waals surface area contributed by atoms with Crippen molar-refractivity contribution in [2.45, 2.75) is 44.2 Å². The molecule has 0 radical (unpaired) electrons. The van der Waals surface area contributed by atoms with E-state index in [4.69, 9.17) is 4.74 Å². The van der Waals surface area contributed by atoms with Crippen molar-refractivity contribution in [2.75, 3.05) is 13.7 Å². The number of benzene rings is 2. The van der Waals surface area contributed by atoms with Gasteiger partial charge in [-0.25, -0.2) is 4.79 Å². The zero-order valence-corrected chi connectivity index (χ0v) is 18.2. The predicted octanol–water partition coefficient (Wildman–Crippen LogP) is 4.92. The molecule has 2 aromatic rings. The summed E-state index contributed by atoms with van der Waals surface area (Å²) in [6, 6.07) is 10.6. The number of Topliss-reactive ketones (excluding diaryl/α,β-unsaturated/α-hetero) is 1. The monoisotopic (exact) mass is 447 g/mol. The fourth-order valence-electron chi connectivity index (χ4n) is 3.48. The molecule has 0 spiro atoms. The second kappa shape index (κ2) is 9.13. The third-order valence-electron chi connectivity index (χ3n) is 5.27. The highest BCUT2D eigenvalue weighted by Gasteiger charge is 2.51. The number of carbonyl (C=O) groups excluding carboxylic acids is 1. The number of halogens is 3. The average Bonchev–Trinajstić information content (AvgIpc) is 2.71. The largest absolute Gasteiger partial charge is 0.479 e. The van der Waals surface area contributed by atoms with Crippen LogP contribution >= 0.6 is 0 Å². The number of hydrogen-bond acceptors (Lipinski definition) is 4. The first-order valence-electron chi connectivity index (χ1n) is 9.79. The lowest BCUT2D eigenvalue weighted by molar-refractivity contribution is -0.141. The molecule has 5 nitrogen and oxygen atoms in total. The first-order chi connectivity index (χ1) is 14.8. The summed E-state index contributed by atoms with van der Waals surface area (Å²) in [7, 11) is 1.33. The van der Waals surface area contributed by atoms with Gasteiger partial charge in [0.2, 0.25) is 5.41 Å². The minimum absolute atomic E-state index is 0.0304. The van der Waals surface area contributed by atoms with Gasteiger partial charge in [0.1, 0.15) is 0 Å². The lowest BCUT2D eigenvalue weighted by Crippen LogP contribution is -2.43. The molecule has 1 atom stereocenters. The summed E-state index contributed by atoms with van der Waals surface area (Å²) < 4.78 is 46.7. The molecule has 1 unspecified atom stereocenters. The Balaban J connectivity index is 2.75. The van der Waals surface area contributed by atoms with Crippen molar-refractivity contribution >= 4 is 11.8 Å². The fourth-order valence-corrected chi connectivity index (χ4v) is 3.48. The van der Waals surface area contributed by atoms with Crippen molar-refractivity contribution in [3.05, 3.63) is 70.3 Å². The predicted molar refractivity (Wildman–Crippen MR) is 111 cm³/mol. The normalized spacial score (nSPS) is 13.8.